The lowest BCUT2D eigenvalue weighted by Crippen LogP contribution is -2.18. The predicted octanol–water partition coefficient (Wildman–Crippen LogP) is 5.53. The summed E-state index contributed by atoms with van der Waals surface area (Å²) in [4.78, 5) is 37.7. The summed E-state index contributed by atoms with van der Waals surface area (Å²) >= 11 is 1.50. The molecule has 8 heteroatoms. The largest absolute Gasteiger partial charge is 0.306 e. The van der Waals surface area contributed by atoms with Gasteiger partial charge in [-0.1, -0.05) is 37.3 Å². The molecule has 0 saturated heterocycles. The topological polar surface area (TPSA) is 80.1 Å². The van der Waals surface area contributed by atoms with Gasteiger partial charge < -0.3 is 10.2 Å². The third-order valence-electron chi connectivity index (χ3n) is 6.02. The van der Waals surface area contributed by atoms with E-state index in [2.05, 4.69) is 22.2 Å². The molecular formula is C28H31N5O2S. The Kier molecular flexibility index (Phi) is 7.76. The fourth-order valence-corrected chi connectivity index (χ4v) is 4.74. The number of aromatic nitrogens is 3. The number of thiazole rings is 1. The first-order chi connectivity index (χ1) is 17.3. The second-order valence-electron chi connectivity index (χ2n) is 9.08. The number of carbonyl (C=O) groups is 2. The third-order valence-corrected chi connectivity index (χ3v) is 7.08. The summed E-state index contributed by atoms with van der Waals surface area (Å²) in [6.45, 7) is 6.56. The van der Waals surface area contributed by atoms with Gasteiger partial charge in [-0.2, -0.15) is 0 Å². The zero-order chi connectivity index (χ0) is 25.8. The van der Waals surface area contributed by atoms with Crippen LogP contribution in [0.15, 0.2) is 60.9 Å². The number of anilines is 1. The molecule has 1 amide bonds. The highest BCUT2D eigenvalue weighted by Crippen LogP contribution is 2.28. The lowest BCUT2D eigenvalue weighted by molar-refractivity contribution is -0.117. The van der Waals surface area contributed by atoms with E-state index in [0.717, 1.165) is 39.1 Å². The Morgan fingerprint density at radius 2 is 1.94 bits per heavy atom. The van der Waals surface area contributed by atoms with Crippen molar-refractivity contribution in [2.75, 3.05) is 26.0 Å². The average Bonchev–Trinajstić information content (AvgIpc) is 3.45. The van der Waals surface area contributed by atoms with Gasteiger partial charge in [0.1, 0.15) is 5.65 Å². The van der Waals surface area contributed by atoms with E-state index in [1.165, 1.54) is 11.3 Å². The highest BCUT2D eigenvalue weighted by Gasteiger charge is 2.18. The Balaban J connectivity index is 1.56. The van der Waals surface area contributed by atoms with Crippen LogP contribution in [0.1, 0.15) is 40.7 Å². The van der Waals surface area contributed by atoms with Gasteiger partial charge in [-0.05, 0) is 57.6 Å². The van der Waals surface area contributed by atoms with Gasteiger partial charge in [0.15, 0.2) is 5.13 Å². The lowest BCUT2D eigenvalue weighted by Gasteiger charge is -2.13. The van der Waals surface area contributed by atoms with Crippen molar-refractivity contribution in [2.24, 2.45) is 0 Å². The number of amides is 1. The number of carbonyl (C=O) groups excluding carboxylic acids is 2. The molecule has 0 saturated carbocycles. The molecule has 36 heavy (non-hydrogen) atoms. The summed E-state index contributed by atoms with van der Waals surface area (Å²) in [5, 5.41) is 4.45. The van der Waals surface area contributed by atoms with Crippen molar-refractivity contribution in [3.8, 4) is 11.1 Å². The Bertz CT molecular complexity index is 1430. The molecule has 3 heterocycles. The van der Waals surface area contributed by atoms with E-state index in [1.807, 2.05) is 75.3 Å². The molecule has 1 atom stereocenters. The van der Waals surface area contributed by atoms with Crippen LogP contribution < -0.4 is 5.32 Å². The van der Waals surface area contributed by atoms with Crippen LogP contribution in [-0.4, -0.2) is 51.9 Å². The molecule has 4 aromatic rings. The van der Waals surface area contributed by atoms with Crippen LogP contribution in [0, 0.1) is 6.92 Å². The van der Waals surface area contributed by atoms with Gasteiger partial charge in [0.05, 0.1) is 5.92 Å². The highest BCUT2D eigenvalue weighted by molar-refractivity contribution is 7.15. The molecular weight excluding hydrogens is 470 g/mol. The van der Waals surface area contributed by atoms with Crippen LogP contribution >= 0.6 is 11.3 Å². The SMILES string of the molecule is CCc1cnc(NC(=O)C(C)c2cccc(-c3cnc4c(c3)cc(C)n4C(=O)/C=C/CN(C)C)c2)s1. The van der Waals surface area contributed by atoms with Gasteiger partial charge >= 0.3 is 0 Å². The van der Waals surface area contributed by atoms with Crippen molar-refractivity contribution in [1.29, 1.82) is 0 Å². The van der Waals surface area contributed by atoms with Crippen molar-refractivity contribution >= 4 is 39.3 Å². The molecule has 0 spiro atoms. The normalized spacial score (nSPS) is 12.5. The third kappa shape index (κ3) is 5.61. The number of nitrogens with zero attached hydrogens (tertiary/aromatic N) is 4. The van der Waals surface area contributed by atoms with Crippen LogP contribution in [-0.2, 0) is 11.2 Å². The minimum Gasteiger partial charge on any atom is -0.306 e. The summed E-state index contributed by atoms with van der Waals surface area (Å²) in [7, 11) is 3.92. The van der Waals surface area contributed by atoms with Crippen LogP contribution in [0.2, 0.25) is 0 Å². The van der Waals surface area contributed by atoms with E-state index >= 15 is 0 Å². The number of likely N-dealkylation sites (N-methyl/N-ethyl adjacent to an activating group) is 1. The minimum atomic E-state index is -0.342. The molecule has 3 aromatic heterocycles. The monoisotopic (exact) mass is 501 g/mol. The maximum atomic E-state index is 12.8. The van der Waals surface area contributed by atoms with Crippen LogP contribution in [0.25, 0.3) is 22.2 Å². The van der Waals surface area contributed by atoms with Crippen LogP contribution in [0.4, 0.5) is 5.13 Å². The van der Waals surface area contributed by atoms with E-state index in [1.54, 1.807) is 23.0 Å². The molecule has 7 nitrogen and oxygen atoms in total. The average molecular weight is 502 g/mol. The quantitative estimate of drug-likeness (QED) is 0.321. The Labute approximate surface area is 215 Å². The summed E-state index contributed by atoms with van der Waals surface area (Å²) in [6.07, 6.45) is 7.92. The standard InChI is InChI=1S/C28H31N5O2S/c1-6-24-17-30-28(36-24)31-27(35)19(3)20-9-7-10-21(14-20)23-15-22-13-18(2)33(26(22)29-16-23)25(34)11-8-12-32(4)5/h7-11,13-17,19H,6,12H2,1-5H3,(H,30,31,35)/b11-8+. The Morgan fingerprint density at radius 3 is 2.67 bits per heavy atom. The molecule has 0 aliphatic heterocycles. The molecule has 0 aliphatic rings. The van der Waals surface area contributed by atoms with Gasteiger partial charge in [0.2, 0.25) is 5.91 Å². The van der Waals surface area contributed by atoms with Gasteiger partial charge in [0, 0.05) is 46.5 Å². The first-order valence-corrected chi connectivity index (χ1v) is 12.8. The van der Waals surface area contributed by atoms with Crippen molar-refractivity contribution in [3.63, 3.8) is 0 Å². The molecule has 0 bridgehead atoms. The maximum absolute atomic E-state index is 12.8. The number of nitrogens with one attached hydrogen (secondary N) is 1. The second kappa shape index (κ2) is 11.0. The fourth-order valence-electron chi connectivity index (χ4n) is 3.98. The van der Waals surface area contributed by atoms with Crippen molar-refractivity contribution in [1.82, 2.24) is 19.4 Å². The zero-order valence-electron chi connectivity index (χ0n) is 21.3. The predicted molar refractivity (Wildman–Crippen MR) is 147 cm³/mol. The smallest absolute Gasteiger partial charge is 0.256 e. The van der Waals surface area contributed by atoms with Gasteiger partial charge in [0.25, 0.3) is 5.91 Å². The number of rotatable bonds is 8. The summed E-state index contributed by atoms with van der Waals surface area (Å²) in [5.41, 5.74) is 4.27. The molecule has 186 valence electrons. The molecule has 1 aromatic carbocycles. The number of benzene rings is 1. The van der Waals surface area contributed by atoms with Crippen LogP contribution in [0.5, 0.6) is 0 Å². The Morgan fingerprint density at radius 1 is 1.14 bits per heavy atom. The van der Waals surface area contributed by atoms with E-state index in [4.69, 9.17) is 0 Å². The van der Waals surface area contributed by atoms with Gasteiger partial charge in [-0.15, -0.1) is 11.3 Å². The molecule has 1 unspecified atom stereocenters. The molecule has 0 fully saturated rings. The van der Waals surface area contributed by atoms with Gasteiger partial charge in [-0.3, -0.25) is 14.2 Å². The molecule has 1 N–H and O–H groups in total. The Hall–Kier alpha value is -3.62. The number of fused-ring (bicyclic) bond motifs is 1. The van der Waals surface area contributed by atoms with Crippen LogP contribution in [0.3, 0.4) is 0 Å². The molecule has 0 radical (unpaired) electrons. The molecule has 0 aliphatic carbocycles. The minimum absolute atomic E-state index is 0.0914. The number of allylic oxidation sites excluding steroid dienone is 1. The number of aryl methyl sites for hydroxylation is 2. The first-order valence-electron chi connectivity index (χ1n) is 12.0. The molecule has 4 rings (SSSR count). The number of hydrogen-bond donors (Lipinski definition) is 1. The van der Waals surface area contributed by atoms with Crippen molar-refractivity contribution in [3.05, 3.63) is 77.1 Å². The lowest BCUT2D eigenvalue weighted by atomic mass is 9.96. The van der Waals surface area contributed by atoms with E-state index in [-0.39, 0.29) is 17.7 Å². The zero-order valence-corrected chi connectivity index (χ0v) is 22.1. The van der Waals surface area contributed by atoms with E-state index < -0.39 is 0 Å². The fraction of sp³-hybridized carbons (Fsp3) is 0.286. The summed E-state index contributed by atoms with van der Waals surface area (Å²) < 4.78 is 1.64. The second-order valence-corrected chi connectivity index (χ2v) is 10.2. The van der Waals surface area contributed by atoms with E-state index in [9.17, 15) is 9.59 Å². The first kappa shape index (κ1) is 25.5. The summed E-state index contributed by atoms with van der Waals surface area (Å²) in [6, 6.07) is 11.9. The van der Waals surface area contributed by atoms with Crippen molar-refractivity contribution < 1.29 is 9.59 Å². The number of pyridine rings is 1. The van der Waals surface area contributed by atoms with Gasteiger partial charge in [-0.25, -0.2) is 9.97 Å². The summed E-state index contributed by atoms with van der Waals surface area (Å²) in [5.74, 6) is -0.547. The van der Waals surface area contributed by atoms with Crippen molar-refractivity contribution in [2.45, 2.75) is 33.1 Å². The van der Waals surface area contributed by atoms with E-state index in [0.29, 0.717) is 17.3 Å². The maximum Gasteiger partial charge on any atom is 0.256 e. The highest BCUT2D eigenvalue weighted by atomic mass is 32.1. The number of hydrogen-bond acceptors (Lipinski definition) is 6.